The number of carboxylic acids is 1. The third kappa shape index (κ3) is 8.02. The van der Waals surface area contributed by atoms with Gasteiger partial charge in [0, 0.05) is 11.1 Å². The van der Waals surface area contributed by atoms with Crippen molar-refractivity contribution < 1.29 is 19.4 Å². The van der Waals surface area contributed by atoms with Crippen LogP contribution in [0.2, 0.25) is 0 Å². The fourth-order valence-electron chi connectivity index (χ4n) is 4.76. The maximum atomic E-state index is 13.2. The molecule has 0 bridgehead atoms. The molecule has 2 aromatic carbocycles. The molecule has 4 aromatic rings. The second-order valence-electron chi connectivity index (χ2n) is 9.87. The summed E-state index contributed by atoms with van der Waals surface area (Å²) in [7, 11) is 0. The summed E-state index contributed by atoms with van der Waals surface area (Å²) in [6.07, 6.45) is 6.44. The molecular formula is C33H36N2O4S. The molecule has 0 aliphatic rings. The molecule has 0 radical (unpaired) electrons. The Morgan fingerprint density at radius 3 is 2.27 bits per heavy atom. The van der Waals surface area contributed by atoms with Crippen LogP contribution in [0.1, 0.15) is 71.9 Å². The van der Waals surface area contributed by atoms with Crippen molar-refractivity contribution in [3.63, 3.8) is 0 Å². The van der Waals surface area contributed by atoms with E-state index in [1.807, 2.05) is 36.4 Å². The first-order valence-electron chi connectivity index (χ1n) is 13.8. The number of hydrogen-bond acceptors (Lipinski definition) is 5. The molecule has 7 heteroatoms. The number of thiophene rings is 1. The molecule has 0 saturated carbocycles. The van der Waals surface area contributed by atoms with Gasteiger partial charge in [-0.2, -0.15) is 0 Å². The largest absolute Gasteiger partial charge is 0.489 e. The van der Waals surface area contributed by atoms with E-state index in [0.717, 1.165) is 21.8 Å². The van der Waals surface area contributed by atoms with E-state index in [4.69, 9.17) is 4.74 Å². The fraction of sp³-hybridized carbons (Fsp3) is 0.303. The maximum Gasteiger partial charge on any atom is 0.323 e. The maximum absolute atomic E-state index is 13.2. The molecule has 6 nitrogen and oxygen atoms in total. The quantitative estimate of drug-likeness (QED) is 0.171. The van der Waals surface area contributed by atoms with Gasteiger partial charge in [0.15, 0.2) is 0 Å². The molecule has 0 unspecified atom stereocenters. The van der Waals surface area contributed by atoms with Gasteiger partial charge in [0.25, 0.3) is 5.91 Å². The number of rotatable bonds is 14. The standard InChI is InChI=1S/C33H36N2O4S/c1-3-7-25(8-4-2)26-14-16-29(17-15-26)39-23-24-10-12-27(13-11-24)30-18-19-31(40-30)33(38)35(22-32(36)37)21-28-9-5-6-20-34-28/h5-6,9-20,25H,3-4,7-8,21-23H2,1-2H3,(H,36,37). The first kappa shape index (κ1) is 29.0. The molecule has 2 aromatic heterocycles. The molecule has 0 saturated heterocycles. The zero-order valence-electron chi connectivity index (χ0n) is 23.1. The number of benzene rings is 2. The van der Waals surface area contributed by atoms with Crippen molar-refractivity contribution in [1.82, 2.24) is 9.88 Å². The number of aromatic nitrogens is 1. The minimum absolute atomic E-state index is 0.134. The van der Waals surface area contributed by atoms with Crippen LogP contribution in [0.4, 0.5) is 0 Å². The molecule has 40 heavy (non-hydrogen) atoms. The summed E-state index contributed by atoms with van der Waals surface area (Å²) in [6, 6.07) is 25.6. The SMILES string of the molecule is CCCC(CCC)c1ccc(OCc2ccc(-c3ccc(C(=O)N(CC(=O)O)Cc4ccccn4)s3)cc2)cc1. The zero-order chi connectivity index (χ0) is 28.3. The first-order chi connectivity index (χ1) is 19.5. The van der Waals surface area contributed by atoms with E-state index in [-0.39, 0.29) is 12.5 Å². The Balaban J connectivity index is 1.37. The number of pyridine rings is 1. The number of carbonyl (C=O) groups excluding carboxylic acids is 1. The Kier molecular flexibility index (Phi) is 10.5. The van der Waals surface area contributed by atoms with Gasteiger partial charge < -0.3 is 14.7 Å². The lowest BCUT2D eigenvalue weighted by Crippen LogP contribution is -2.35. The molecular weight excluding hydrogens is 520 g/mol. The predicted octanol–water partition coefficient (Wildman–Crippen LogP) is 7.80. The summed E-state index contributed by atoms with van der Waals surface area (Å²) in [5, 5.41) is 9.34. The Bertz CT molecular complexity index is 1360. The van der Waals surface area contributed by atoms with Gasteiger partial charge >= 0.3 is 5.97 Å². The minimum Gasteiger partial charge on any atom is -0.489 e. The van der Waals surface area contributed by atoms with Crippen LogP contribution < -0.4 is 4.74 Å². The van der Waals surface area contributed by atoms with Crippen LogP contribution in [0.25, 0.3) is 10.4 Å². The van der Waals surface area contributed by atoms with Crippen molar-refractivity contribution in [2.24, 2.45) is 0 Å². The molecule has 0 aliphatic heterocycles. The van der Waals surface area contributed by atoms with E-state index in [1.165, 1.54) is 47.5 Å². The highest BCUT2D eigenvalue weighted by Gasteiger charge is 2.21. The summed E-state index contributed by atoms with van der Waals surface area (Å²) in [5.41, 5.74) is 4.07. The zero-order valence-corrected chi connectivity index (χ0v) is 23.9. The van der Waals surface area contributed by atoms with E-state index in [0.29, 0.717) is 23.1 Å². The summed E-state index contributed by atoms with van der Waals surface area (Å²) < 4.78 is 6.03. The summed E-state index contributed by atoms with van der Waals surface area (Å²) >= 11 is 1.35. The topological polar surface area (TPSA) is 79.7 Å². The Hall–Kier alpha value is -3.97. The lowest BCUT2D eigenvalue weighted by molar-refractivity contribution is -0.137. The van der Waals surface area contributed by atoms with Crippen LogP contribution in [0.5, 0.6) is 5.75 Å². The summed E-state index contributed by atoms with van der Waals surface area (Å²) in [4.78, 5) is 31.5. The van der Waals surface area contributed by atoms with E-state index < -0.39 is 12.5 Å². The average molecular weight is 557 g/mol. The van der Waals surface area contributed by atoms with Crippen molar-refractivity contribution in [1.29, 1.82) is 0 Å². The van der Waals surface area contributed by atoms with Crippen LogP contribution in [-0.2, 0) is 17.9 Å². The lowest BCUT2D eigenvalue weighted by Gasteiger charge is -2.19. The number of hydrogen-bond donors (Lipinski definition) is 1. The van der Waals surface area contributed by atoms with Gasteiger partial charge in [0.2, 0.25) is 0 Å². The summed E-state index contributed by atoms with van der Waals surface area (Å²) in [6.45, 7) is 4.69. The van der Waals surface area contributed by atoms with E-state index >= 15 is 0 Å². The lowest BCUT2D eigenvalue weighted by atomic mass is 9.90. The van der Waals surface area contributed by atoms with Crippen molar-refractivity contribution in [2.45, 2.75) is 58.6 Å². The number of carbonyl (C=O) groups is 2. The molecule has 0 fully saturated rings. The van der Waals surface area contributed by atoms with E-state index in [2.05, 4.69) is 43.1 Å². The highest BCUT2D eigenvalue weighted by Crippen LogP contribution is 2.30. The third-order valence-electron chi connectivity index (χ3n) is 6.78. The monoisotopic (exact) mass is 556 g/mol. The van der Waals surface area contributed by atoms with Gasteiger partial charge in [-0.25, -0.2) is 0 Å². The Labute approximate surface area is 240 Å². The molecule has 1 amide bonds. The minimum atomic E-state index is -1.06. The van der Waals surface area contributed by atoms with Gasteiger partial charge in [-0.05, 0) is 71.8 Å². The van der Waals surface area contributed by atoms with Crippen LogP contribution in [0.3, 0.4) is 0 Å². The van der Waals surface area contributed by atoms with E-state index in [1.54, 1.807) is 24.4 Å². The number of amides is 1. The molecule has 1 N–H and O–H groups in total. The van der Waals surface area contributed by atoms with Crippen LogP contribution in [0, 0.1) is 0 Å². The molecule has 0 spiro atoms. The molecule has 4 rings (SSSR count). The normalized spacial score (nSPS) is 11.0. The number of aliphatic carboxylic acids is 1. The van der Waals surface area contributed by atoms with Gasteiger partial charge in [-0.3, -0.25) is 14.6 Å². The van der Waals surface area contributed by atoms with Crippen molar-refractivity contribution >= 4 is 23.2 Å². The van der Waals surface area contributed by atoms with Crippen LogP contribution in [0.15, 0.2) is 85.1 Å². The second kappa shape index (κ2) is 14.4. The Morgan fingerprint density at radius 1 is 0.925 bits per heavy atom. The van der Waals surface area contributed by atoms with Crippen LogP contribution in [-0.4, -0.2) is 33.4 Å². The van der Waals surface area contributed by atoms with Gasteiger partial charge in [0.05, 0.1) is 17.1 Å². The fourth-order valence-corrected chi connectivity index (χ4v) is 5.74. The molecule has 0 aliphatic carbocycles. The average Bonchev–Trinajstić information content (AvgIpc) is 3.47. The second-order valence-corrected chi connectivity index (χ2v) is 11.0. The van der Waals surface area contributed by atoms with Gasteiger partial charge in [-0.15, -0.1) is 11.3 Å². The smallest absolute Gasteiger partial charge is 0.323 e. The van der Waals surface area contributed by atoms with Gasteiger partial charge in [0.1, 0.15) is 18.9 Å². The third-order valence-corrected chi connectivity index (χ3v) is 7.90. The van der Waals surface area contributed by atoms with E-state index in [9.17, 15) is 14.7 Å². The molecule has 208 valence electrons. The van der Waals surface area contributed by atoms with Crippen LogP contribution >= 0.6 is 11.3 Å². The summed E-state index contributed by atoms with van der Waals surface area (Å²) in [5.74, 6) is 0.0893. The van der Waals surface area contributed by atoms with Crippen molar-refractivity contribution in [3.05, 3.63) is 107 Å². The first-order valence-corrected chi connectivity index (χ1v) is 14.6. The number of nitrogens with zero attached hydrogens (tertiary/aromatic N) is 2. The van der Waals surface area contributed by atoms with Gasteiger partial charge in [-0.1, -0.05) is 69.2 Å². The molecule has 2 heterocycles. The van der Waals surface area contributed by atoms with Crippen molar-refractivity contribution in [3.8, 4) is 16.2 Å². The Morgan fingerprint density at radius 2 is 1.65 bits per heavy atom. The number of carboxylic acid groups (broad SMARTS) is 1. The predicted molar refractivity (Wildman–Crippen MR) is 160 cm³/mol. The number of ether oxygens (including phenoxy) is 1. The highest BCUT2D eigenvalue weighted by atomic mass is 32.1. The highest BCUT2D eigenvalue weighted by molar-refractivity contribution is 7.17. The molecule has 0 atom stereocenters. The van der Waals surface area contributed by atoms with Crippen molar-refractivity contribution in [2.75, 3.05) is 6.54 Å².